The number of rotatable bonds is 5. The monoisotopic (exact) mass is 264 g/mol. The molecule has 0 radical (unpaired) electrons. The van der Waals surface area contributed by atoms with Gasteiger partial charge in [-0.25, -0.2) is 0 Å². The molecule has 7 nitrogen and oxygen atoms in total. The lowest BCUT2D eigenvalue weighted by Crippen LogP contribution is -2.28. The van der Waals surface area contributed by atoms with E-state index in [1.165, 1.54) is 11.8 Å². The third kappa shape index (κ3) is 3.52. The Morgan fingerprint density at radius 1 is 1.50 bits per heavy atom. The molecular weight excluding hydrogens is 252 g/mol. The highest BCUT2D eigenvalue weighted by Crippen LogP contribution is 2.16. The summed E-state index contributed by atoms with van der Waals surface area (Å²) in [6.45, 7) is 1.81. The Labute approximate surface area is 108 Å². The highest BCUT2D eigenvalue weighted by Gasteiger charge is 2.13. The number of nitrogens with zero attached hydrogens (tertiary/aromatic N) is 4. The van der Waals surface area contributed by atoms with E-state index in [1.807, 2.05) is 12.1 Å². The molecule has 1 unspecified atom stereocenters. The number of nitrogens with one attached hydrogen (secondary N) is 2. The lowest BCUT2D eigenvalue weighted by atomic mass is 10.3. The fraction of sp³-hybridized carbons (Fsp3) is 0.300. The summed E-state index contributed by atoms with van der Waals surface area (Å²) in [4.78, 5) is 16.6. The maximum Gasteiger partial charge on any atom is 0.230 e. The third-order valence-electron chi connectivity index (χ3n) is 2.15. The Kier molecular flexibility index (Phi) is 4.24. The van der Waals surface area contributed by atoms with Crippen LogP contribution in [-0.4, -0.2) is 37.3 Å². The van der Waals surface area contributed by atoms with Crippen molar-refractivity contribution in [2.24, 2.45) is 0 Å². The zero-order valence-corrected chi connectivity index (χ0v) is 10.5. The number of aromatic amines is 1. The number of aromatic nitrogens is 5. The fourth-order valence-electron chi connectivity index (χ4n) is 1.28. The van der Waals surface area contributed by atoms with Gasteiger partial charge >= 0.3 is 0 Å². The molecule has 0 saturated carbocycles. The van der Waals surface area contributed by atoms with Crippen LogP contribution in [0.15, 0.2) is 29.4 Å². The number of thioether (sulfide) groups is 1. The van der Waals surface area contributed by atoms with E-state index in [0.29, 0.717) is 11.6 Å². The van der Waals surface area contributed by atoms with Crippen LogP contribution >= 0.6 is 11.8 Å². The van der Waals surface area contributed by atoms with E-state index in [-0.39, 0.29) is 11.9 Å². The van der Waals surface area contributed by atoms with E-state index in [2.05, 4.69) is 30.9 Å². The summed E-state index contributed by atoms with van der Waals surface area (Å²) in [6.07, 6.45) is 3.39. The molecule has 2 aromatic heterocycles. The highest BCUT2D eigenvalue weighted by atomic mass is 32.2. The molecule has 2 aromatic rings. The van der Waals surface area contributed by atoms with Gasteiger partial charge in [0.1, 0.15) is 0 Å². The first kappa shape index (κ1) is 12.5. The summed E-state index contributed by atoms with van der Waals surface area (Å²) in [5.41, 5.74) is 0. The van der Waals surface area contributed by atoms with E-state index < -0.39 is 0 Å². The van der Waals surface area contributed by atoms with Crippen LogP contribution in [0.4, 0.5) is 0 Å². The number of hydrogen-bond donors (Lipinski definition) is 2. The molecule has 0 aliphatic carbocycles. The first-order chi connectivity index (χ1) is 8.75. The molecule has 2 heterocycles. The Balaban J connectivity index is 1.79. The summed E-state index contributed by atoms with van der Waals surface area (Å²) in [6, 6.07) is 3.47. The second-order valence-corrected chi connectivity index (χ2v) is 4.58. The molecule has 8 heteroatoms. The van der Waals surface area contributed by atoms with Crippen molar-refractivity contribution >= 4 is 17.7 Å². The van der Waals surface area contributed by atoms with E-state index >= 15 is 0 Å². The average molecular weight is 264 g/mol. The number of amides is 1. The standard InChI is InChI=1S/C10H12N6OS/c1-7(10-13-15-16-14-10)12-9(17)6-18-8-2-4-11-5-3-8/h2-5,7H,6H2,1H3,(H,12,17)(H,13,14,15,16). The number of carbonyl (C=O) groups is 1. The van der Waals surface area contributed by atoms with Crippen molar-refractivity contribution < 1.29 is 4.79 Å². The van der Waals surface area contributed by atoms with Crippen molar-refractivity contribution in [1.82, 2.24) is 30.9 Å². The van der Waals surface area contributed by atoms with Crippen LogP contribution in [0.5, 0.6) is 0 Å². The third-order valence-corrected chi connectivity index (χ3v) is 3.16. The predicted molar refractivity (Wildman–Crippen MR) is 65.7 cm³/mol. The van der Waals surface area contributed by atoms with Crippen molar-refractivity contribution in [3.05, 3.63) is 30.4 Å². The van der Waals surface area contributed by atoms with Crippen LogP contribution in [-0.2, 0) is 4.79 Å². The number of hydrogen-bond acceptors (Lipinski definition) is 6. The molecule has 18 heavy (non-hydrogen) atoms. The highest BCUT2D eigenvalue weighted by molar-refractivity contribution is 8.00. The second kappa shape index (κ2) is 6.10. The molecule has 94 valence electrons. The van der Waals surface area contributed by atoms with Gasteiger partial charge in [0.15, 0.2) is 5.82 Å². The van der Waals surface area contributed by atoms with E-state index in [1.54, 1.807) is 19.3 Å². The van der Waals surface area contributed by atoms with Gasteiger partial charge in [-0.2, -0.15) is 5.21 Å². The van der Waals surface area contributed by atoms with Crippen molar-refractivity contribution in [3.8, 4) is 0 Å². The molecule has 0 aliphatic rings. The quantitative estimate of drug-likeness (QED) is 0.766. The number of carbonyl (C=O) groups excluding carboxylic acids is 1. The summed E-state index contributed by atoms with van der Waals surface area (Å²) in [5, 5.41) is 16.2. The van der Waals surface area contributed by atoms with Gasteiger partial charge in [-0.3, -0.25) is 9.78 Å². The molecule has 0 spiro atoms. The SMILES string of the molecule is CC(NC(=O)CSc1ccncc1)c1nn[nH]n1. The Morgan fingerprint density at radius 2 is 2.28 bits per heavy atom. The van der Waals surface area contributed by atoms with Crippen LogP contribution in [0.1, 0.15) is 18.8 Å². The molecule has 2 rings (SSSR count). The maximum atomic E-state index is 11.7. The summed E-state index contributed by atoms with van der Waals surface area (Å²) in [7, 11) is 0. The molecule has 0 aliphatic heterocycles. The molecular formula is C10H12N6OS. The Hall–Kier alpha value is -1.96. The van der Waals surface area contributed by atoms with Crippen molar-refractivity contribution in [1.29, 1.82) is 0 Å². The summed E-state index contributed by atoms with van der Waals surface area (Å²) < 4.78 is 0. The minimum atomic E-state index is -0.255. The summed E-state index contributed by atoms with van der Waals surface area (Å²) in [5.74, 6) is 0.734. The zero-order chi connectivity index (χ0) is 12.8. The largest absolute Gasteiger partial charge is 0.345 e. The van der Waals surface area contributed by atoms with Gasteiger partial charge in [-0.05, 0) is 19.1 Å². The minimum absolute atomic E-state index is 0.0749. The number of pyridine rings is 1. The van der Waals surface area contributed by atoms with Crippen LogP contribution in [0.2, 0.25) is 0 Å². The van der Waals surface area contributed by atoms with Crippen molar-refractivity contribution in [3.63, 3.8) is 0 Å². The Bertz CT molecular complexity index is 488. The molecule has 0 bridgehead atoms. The van der Waals surface area contributed by atoms with Gasteiger partial charge in [0.2, 0.25) is 5.91 Å². The van der Waals surface area contributed by atoms with Crippen LogP contribution < -0.4 is 5.32 Å². The minimum Gasteiger partial charge on any atom is -0.345 e. The smallest absolute Gasteiger partial charge is 0.230 e. The molecule has 0 aromatic carbocycles. The van der Waals surface area contributed by atoms with Crippen LogP contribution in [0.25, 0.3) is 0 Å². The second-order valence-electron chi connectivity index (χ2n) is 3.53. The maximum absolute atomic E-state index is 11.7. The van der Waals surface area contributed by atoms with E-state index in [4.69, 9.17) is 0 Å². The first-order valence-corrected chi connectivity index (χ1v) is 6.30. The van der Waals surface area contributed by atoms with E-state index in [9.17, 15) is 4.79 Å². The lowest BCUT2D eigenvalue weighted by molar-refractivity contribution is -0.119. The molecule has 1 atom stereocenters. The zero-order valence-electron chi connectivity index (χ0n) is 9.70. The first-order valence-electron chi connectivity index (χ1n) is 5.31. The number of H-pyrrole nitrogens is 1. The molecule has 0 saturated heterocycles. The lowest BCUT2D eigenvalue weighted by Gasteiger charge is -2.09. The molecule has 2 N–H and O–H groups in total. The van der Waals surface area contributed by atoms with Gasteiger partial charge in [-0.15, -0.1) is 22.0 Å². The van der Waals surface area contributed by atoms with Gasteiger partial charge < -0.3 is 5.32 Å². The van der Waals surface area contributed by atoms with Crippen molar-refractivity contribution in [2.75, 3.05) is 5.75 Å². The summed E-state index contributed by atoms with van der Waals surface area (Å²) >= 11 is 1.45. The Morgan fingerprint density at radius 3 is 2.94 bits per heavy atom. The van der Waals surface area contributed by atoms with Crippen molar-refractivity contribution in [2.45, 2.75) is 17.9 Å². The van der Waals surface area contributed by atoms with Gasteiger partial charge in [-0.1, -0.05) is 5.21 Å². The fourth-order valence-corrected chi connectivity index (χ4v) is 1.98. The van der Waals surface area contributed by atoms with Crippen LogP contribution in [0, 0.1) is 0 Å². The molecule has 0 fully saturated rings. The topological polar surface area (TPSA) is 96.5 Å². The predicted octanol–water partition coefficient (Wildman–Crippen LogP) is 0.564. The van der Waals surface area contributed by atoms with Gasteiger partial charge in [0.25, 0.3) is 0 Å². The van der Waals surface area contributed by atoms with E-state index in [0.717, 1.165) is 4.90 Å². The van der Waals surface area contributed by atoms with Crippen LogP contribution in [0.3, 0.4) is 0 Å². The normalized spacial score (nSPS) is 12.1. The van der Waals surface area contributed by atoms with Gasteiger partial charge in [0, 0.05) is 17.3 Å². The average Bonchev–Trinajstić information content (AvgIpc) is 2.91. The number of tetrazole rings is 1. The van der Waals surface area contributed by atoms with Gasteiger partial charge in [0.05, 0.1) is 11.8 Å². The molecule has 1 amide bonds.